The molecule has 0 rings (SSSR count). The molecule has 0 aromatic heterocycles. The van der Waals surface area contributed by atoms with Gasteiger partial charge in [0.05, 0.1) is 25.4 Å². The van der Waals surface area contributed by atoms with Gasteiger partial charge in [-0.25, -0.2) is 0 Å². The van der Waals surface area contributed by atoms with Gasteiger partial charge in [0.15, 0.2) is 0 Å². The SMILES string of the molecule is CCCCCC/C=C\C/C=C\CCCCCCCC(=O)OCCCCCCCCCCCCCCCCC/C=C\C/C=C\CCCCCCCCCCCCCCCCCCCC(=O)NC(CO)C(O)CCCCCCCCCCCCCCCCCCCCCCCCCCC. The second-order valence-electron chi connectivity index (χ2n) is 30.6. The van der Waals surface area contributed by atoms with E-state index in [0.717, 1.165) is 57.8 Å². The van der Waals surface area contributed by atoms with E-state index >= 15 is 0 Å². The maximum absolute atomic E-state index is 12.6. The second kappa shape index (κ2) is 86.2. The molecule has 0 saturated heterocycles. The number of rotatable bonds is 84. The topological polar surface area (TPSA) is 95.9 Å². The van der Waals surface area contributed by atoms with Gasteiger partial charge in [0, 0.05) is 12.8 Å². The molecule has 2 atom stereocenters. The van der Waals surface area contributed by atoms with Crippen molar-refractivity contribution in [2.24, 2.45) is 0 Å². The van der Waals surface area contributed by atoms with Crippen molar-refractivity contribution in [2.75, 3.05) is 13.2 Å². The number of aliphatic hydroxyl groups excluding tert-OH is 2. The van der Waals surface area contributed by atoms with Crippen LogP contribution in [0.25, 0.3) is 0 Å². The Hall–Kier alpha value is -2.18. The molecule has 97 heavy (non-hydrogen) atoms. The first-order valence-corrected chi connectivity index (χ1v) is 44.4. The van der Waals surface area contributed by atoms with Gasteiger partial charge in [-0.3, -0.25) is 9.59 Å². The molecule has 1 amide bonds. The summed E-state index contributed by atoms with van der Waals surface area (Å²) in [6.07, 6.45) is 115. The fraction of sp³-hybridized carbons (Fsp3) is 0.890. The Kier molecular flexibility index (Phi) is 84.3. The number of amides is 1. The van der Waals surface area contributed by atoms with E-state index in [-0.39, 0.29) is 18.5 Å². The van der Waals surface area contributed by atoms with E-state index in [1.54, 1.807) is 0 Å². The number of carbonyl (C=O) groups excluding carboxylic acids is 2. The molecule has 0 heterocycles. The third kappa shape index (κ3) is 82.7. The zero-order chi connectivity index (χ0) is 69.8. The maximum Gasteiger partial charge on any atom is 0.305 e. The Labute approximate surface area is 607 Å². The van der Waals surface area contributed by atoms with Crippen LogP contribution < -0.4 is 5.32 Å². The van der Waals surface area contributed by atoms with Gasteiger partial charge in [-0.1, -0.05) is 441 Å². The monoisotopic (exact) mass is 1360 g/mol. The molecule has 3 N–H and O–H groups in total. The standard InChI is InChI=1S/C91H173NO5/c1-3-5-7-9-11-13-15-17-19-21-22-23-24-40-43-46-49-52-55-59-63-67-71-75-79-83-89(94)88(87-93)92-90(95)84-80-76-72-68-64-60-56-53-50-47-44-41-38-36-34-32-30-28-26-25-27-29-31-33-35-37-39-42-45-48-51-54-58-62-66-70-74-78-82-86-97-91(96)85-81-77-73-69-65-61-57-20-18-16-14-12-10-8-6-4-2/h14,16,20,25-26,29,31,57,88-89,93-94H,3-13,15,17-19,21-24,27-28,30,32-56,58-87H2,1-2H3,(H,92,95)/b16-14-,26-25-,31-29-,57-20-. The van der Waals surface area contributed by atoms with Gasteiger partial charge in [-0.2, -0.15) is 0 Å². The number of allylic oxidation sites excluding steroid dienone is 8. The molecule has 0 saturated carbocycles. The molecule has 6 nitrogen and oxygen atoms in total. The van der Waals surface area contributed by atoms with E-state index in [9.17, 15) is 19.8 Å². The molecule has 0 aliphatic heterocycles. The van der Waals surface area contributed by atoms with E-state index in [4.69, 9.17) is 4.74 Å². The molecular formula is C91H173NO5. The molecule has 0 aliphatic carbocycles. The highest BCUT2D eigenvalue weighted by Crippen LogP contribution is 2.21. The summed E-state index contributed by atoms with van der Waals surface area (Å²) in [5.41, 5.74) is 0. The third-order valence-electron chi connectivity index (χ3n) is 20.9. The molecule has 0 fully saturated rings. The highest BCUT2D eigenvalue weighted by atomic mass is 16.5. The molecule has 0 aromatic rings. The van der Waals surface area contributed by atoms with Crippen LogP contribution in [0.5, 0.6) is 0 Å². The highest BCUT2D eigenvalue weighted by molar-refractivity contribution is 5.76. The van der Waals surface area contributed by atoms with Crippen molar-refractivity contribution in [3.05, 3.63) is 48.6 Å². The first-order chi connectivity index (χ1) is 48.0. The lowest BCUT2D eigenvalue weighted by Gasteiger charge is -2.22. The number of carbonyl (C=O) groups is 2. The Morgan fingerprint density at radius 2 is 0.515 bits per heavy atom. The zero-order valence-electron chi connectivity index (χ0n) is 65.8. The van der Waals surface area contributed by atoms with Crippen LogP contribution in [0.2, 0.25) is 0 Å². The number of hydrogen-bond donors (Lipinski definition) is 3. The van der Waals surface area contributed by atoms with E-state index in [0.29, 0.717) is 25.9 Å². The van der Waals surface area contributed by atoms with E-state index in [2.05, 4.69) is 67.8 Å². The van der Waals surface area contributed by atoms with Gasteiger partial charge in [0.2, 0.25) is 5.91 Å². The predicted octanol–water partition coefficient (Wildman–Crippen LogP) is 29.9. The van der Waals surface area contributed by atoms with Gasteiger partial charge in [0.25, 0.3) is 0 Å². The Morgan fingerprint density at radius 3 is 0.794 bits per heavy atom. The molecule has 6 heteroatoms. The summed E-state index contributed by atoms with van der Waals surface area (Å²) in [7, 11) is 0. The summed E-state index contributed by atoms with van der Waals surface area (Å²) in [4.78, 5) is 24.7. The van der Waals surface area contributed by atoms with Crippen molar-refractivity contribution in [3.63, 3.8) is 0 Å². The molecular weight excluding hydrogens is 1190 g/mol. The minimum Gasteiger partial charge on any atom is -0.466 e. The summed E-state index contributed by atoms with van der Waals surface area (Å²) in [6, 6.07) is -0.541. The number of hydrogen-bond acceptors (Lipinski definition) is 5. The number of esters is 1. The fourth-order valence-corrected chi connectivity index (χ4v) is 14.1. The molecule has 0 radical (unpaired) electrons. The quantitative estimate of drug-likeness (QED) is 0.0320. The van der Waals surface area contributed by atoms with Gasteiger partial charge in [0.1, 0.15) is 0 Å². The van der Waals surface area contributed by atoms with Crippen LogP contribution in [0.15, 0.2) is 48.6 Å². The van der Waals surface area contributed by atoms with Crippen LogP contribution in [0, 0.1) is 0 Å². The normalized spacial score (nSPS) is 12.7. The van der Waals surface area contributed by atoms with Crippen molar-refractivity contribution in [2.45, 2.75) is 508 Å². The number of aliphatic hydroxyl groups is 2. The largest absolute Gasteiger partial charge is 0.466 e. The average molecular weight is 1360 g/mol. The summed E-state index contributed by atoms with van der Waals surface area (Å²) in [5.74, 6) is -0.0184. The van der Waals surface area contributed by atoms with Crippen LogP contribution in [-0.2, 0) is 14.3 Å². The van der Waals surface area contributed by atoms with Crippen LogP contribution in [-0.4, -0.2) is 47.4 Å². The molecule has 0 aromatic carbocycles. The smallest absolute Gasteiger partial charge is 0.305 e. The number of nitrogens with one attached hydrogen (secondary N) is 1. The molecule has 0 aliphatic rings. The number of unbranched alkanes of at least 4 members (excludes halogenated alkanes) is 65. The lowest BCUT2D eigenvalue weighted by Crippen LogP contribution is -2.45. The van der Waals surface area contributed by atoms with Crippen molar-refractivity contribution in [3.8, 4) is 0 Å². The predicted molar refractivity (Wildman–Crippen MR) is 430 cm³/mol. The van der Waals surface area contributed by atoms with E-state index < -0.39 is 12.1 Å². The second-order valence-corrected chi connectivity index (χ2v) is 30.6. The first-order valence-electron chi connectivity index (χ1n) is 44.4. The maximum atomic E-state index is 12.6. The molecule has 0 bridgehead atoms. The van der Waals surface area contributed by atoms with Gasteiger partial charge >= 0.3 is 5.97 Å². The van der Waals surface area contributed by atoms with Gasteiger partial charge in [-0.05, 0) is 89.9 Å². The lowest BCUT2D eigenvalue weighted by molar-refractivity contribution is -0.143. The van der Waals surface area contributed by atoms with Crippen molar-refractivity contribution in [1.82, 2.24) is 5.32 Å². The Bertz CT molecular complexity index is 1620. The summed E-state index contributed by atoms with van der Waals surface area (Å²) < 4.78 is 5.50. The van der Waals surface area contributed by atoms with Gasteiger partial charge < -0.3 is 20.3 Å². The van der Waals surface area contributed by atoms with E-state index in [1.165, 1.54) is 405 Å². The van der Waals surface area contributed by atoms with Crippen molar-refractivity contribution < 1.29 is 24.5 Å². The van der Waals surface area contributed by atoms with Crippen LogP contribution in [0.3, 0.4) is 0 Å². The van der Waals surface area contributed by atoms with Crippen LogP contribution >= 0.6 is 0 Å². The van der Waals surface area contributed by atoms with E-state index in [1.807, 2.05) is 0 Å². The summed E-state index contributed by atoms with van der Waals surface area (Å²) in [5, 5.41) is 23.5. The average Bonchev–Trinajstić information content (AvgIpc) is 3.72. The fourth-order valence-electron chi connectivity index (χ4n) is 14.1. The molecule has 0 spiro atoms. The van der Waals surface area contributed by atoms with Crippen LogP contribution in [0.4, 0.5) is 0 Å². The van der Waals surface area contributed by atoms with Gasteiger partial charge in [-0.15, -0.1) is 0 Å². The van der Waals surface area contributed by atoms with Crippen LogP contribution in [0.1, 0.15) is 495 Å². The first kappa shape index (κ1) is 94.8. The number of ether oxygens (including phenoxy) is 1. The molecule has 2 unspecified atom stereocenters. The minimum absolute atomic E-state index is 0.00751. The Balaban J connectivity index is 3.36. The summed E-state index contributed by atoms with van der Waals surface area (Å²) >= 11 is 0. The lowest BCUT2D eigenvalue weighted by atomic mass is 10.0. The Morgan fingerprint density at radius 1 is 0.289 bits per heavy atom. The van der Waals surface area contributed by atoms with Crippen molar-refractivity contribution >= 4 is 11.9 Å². The van der Waals surface area contributed by atoms with Crippen molar-refractivity contribution in [1.29, 1.82) is 0 Å². The zero-order valence-corrected chi connectivity index (χ0v) is 65.8. The third-order valence-corrected chi connectivity index (χ3v) is 20.9. The minimum atomic E-state index is -0.664. The summed E-state index contributed by atoms with van der Waals surface area (Å²) in [6.45, 7) is 4.98. The highest BCUT2D eigenvalue weighted by Gasteiger charge is 2.20. The molecule has 572 valence electrons.